The Hall–Kier alpha value is -2.48. The predicted octanol–water partition coefficient (Wildman–Crippen LogP) is 3.97. The molecule has 0 aliphatic heterocycles. The lowest BCUT2D eigenvalue weighted by Gasteiger charge is -2.12. The minimum Gasteiger partial charge on any atom is -0.353 e. The molecule has 26 heavy (non-hydrogen) atoms. The van der Waals surface area contributed by atoms with Gasteiger partial charge in [0.05, 0.1) is 17.0 Å². The Balaban J connectivity index is 2.15. The molecular weight excluding hydrogens is 365 g/mol. The van der Waals surface area contributed by atoms with Gasteiger partial charge in [0.1, 0.15) is 0 Å². The summed E-state index contributed by atoms with van der Waals surface area (Å²) < 4.78 is 40.0. The van der Waals surface area contributed by atoms with Gasteiger partial charge in [-0.2, -0.15) is 0 Å². The summed E-state index contributed by atoms with van der Waals surface area (Å²) in [6.07, 6.45) is 0. The summed E-state index contributed by atoms with van der Waals surface area (Å²) in [7, 11) is 0. The van der Waals surface area contributed by atoms with Crippen LogP contribution in [0.15, 0.2) is 41.3 Å². The number of thioether (sulfide) groups is 1. The predicted molar refractivity (Wildman–Crippen MR) is 94.7 cm³/mol. The number of rotatable bonds is 6. The van der Waals surface area contributed by atoms with Crippen LogP contribution in [-0.4, -0.2) is 23.6 Å². The molecule has 0 saturated heterocycles. The van der Waals surface area contributed by atoms with Crippen molar-refractivity contribution in [1.82, 2.24) is 5.32 Å². The van der Waals surface area contributed by atoms with Gasteiger partial charge >= 0.3 is 0 Å². The summed E-state index contributed by atoms with van der Waals surface area (Å²) in [6, 6.07) is 8.10. The van der Waals surface area contributed by atoms with Crippen LogP contribution in [0.4, 0.5) is 18.9 Å². The minimum atomic E-state index is -1.66. The molecule has 2 amide bonds. The lowest BCUT2D eigenvalue weighted by Crippen LogP contribution is -2.31. The van der Waals surface area contributed by atoms with Gasteiger partial charge in [-0.15, -0.1) is 11.8 Å². The van der Waals surface area contributed by atoms with Crippen molar-refractivity contribution in [1.29, 1.82) is 0 Å². The second-order valence-corrected chi connectivity index (χ2v) is 6.70. The monoisotopic (exact) mass is 382 g/mol. The molecule has 8 heteroatoms. The summed E-state index contributed by atoms with van der Waals surface area (Å²) >= 11 is 1.15. The molecule has 2 N–H and O–H groups in total. The highest BCUT2D eigenvalue weighted by atomic mass is 32.2. The van der Waals surface area contributed by atoms with E-state index in [1.54, 1.807) is 18.2 Å². The first kappa shape index (κ1) is 19.8. The van der Waals surface area contributed by atoms with E-state index in [2.05, 4.69) is 10.6 Å². The molecule has 0 heterocycles. The van der Waals surface area contributed by atoms with Crippen LogP contribution in [0.25, 0.3) is 0 Å². The number of benzene rings is 2. The van der Waals surface area contributed by atoms with Gasteiger partial charge in [0.25, 0.3) is 5.91 Å². The molecule has 0 atom stereocenters. The molecule has 2 aromatic carbocycles. The minimum absolute atomic E-state index is 0.00186. The Labute approximate surface area is 153 Å². The van der Waals surface area contributed by atoms with E-state index in [-0.39, 0.29) is 23.3 Å². The van der Waals surface area contributed by atoms with Crippen LogP contribution in [0.3, 0.4) is 0 Å². The molecule has 0 aliphatic carbocycles. The number of anilines is 1. The van der Waals surface area contributed by atoms with E-state index in [0.29, 0.717) is 4.90 Å². The molecule has 0 aliphatic rings. The summed E-state index contributed by atoms with van der Waals surface area (Å²) in [5, 5.41) is 4.95. The average Bonchev–Trinajstić information content (AvgIpc) is 2.60. The van der Waals surface area contributed by atoms with E-state index >= 15 is 0 Å². The maximum atomic E-state index is 13.7. The third-order valence-corrected chi connectivity index (χ3v) is 4.30. The number of amides is 2. The van der Waals surface area contributed by atoms with Gasteiger partial charge < -0.3 is 10.6 Å². The van der Waals surface area contributed by atoms with E-state index < -0.39 is 29.0 Å². The highest BCUT2D eigenvalue weighted by Gasteiger charge is 2.18. The summed E-state index contributed by atoms with van der Waals surface area (Å²) in [5.41, 5.74) is -0.273. The topological polar surface area (TPSA) is 58.2 Å². The number of carbonyl (C=O) groups excluding carboxylic acids is 2. The zero-order chi connectivity index (χ0) is 19.3. The number of hydrogen-bond acceptors (Lipinski definition) is 3. The molecule has 0 spiro atoms. The first-order valence-electron chi connectivity index (χ1n) is 7.75. The second kappa shape index (κ2) is 8.75. The van der Waals surface area contributed by atoms with Crippen molar-refractivity contribution < 1.29 is 22.8 Å². The molecule has 0 fully saturated rings. The second-order valence-electron chi connectivity index (χ2n) is 5.68. The van der Waals surface area contributed by atoms with Crippen molar-refractivity contribution in [2.75, 3.05) is 11.1 Å². The van der Waals surface area contributed by atoms with E-state index in [0.717, 1.165) is 23.9 Å². The van der Waals surface area contributed by atoms with E-state index in [1.807, 2.05) is 13.8 Å². The zero-order valence-corrected chi connectivity index (χ0v) is 14.9. The van der Waals surface area contributed by atoms with Crippen molar-refractivity contribution >= 4 is 29.3 Å². The third-order valence-electron chi connectivity index (χ3n) is 3.22. The number of nitrogens with one attached hydrogen (secondary N) is 2. The van der Waals surface area contributed by atoms with Gasteiger partial charge in [-0.1, -0.05) is 12.1 Å². The van der Waals surface area contributed by atoms with Crippen LogP contribution >= 0.6 is 11.8 Å². The number of carbonyl (C=O) groups is 2. The average molecular weight is 382 g/mol. The van der Waals surface area contributed by atoms with Crippen molar-refractivity contribution in [3.05, 3.63) is 59.4 Å². The lowest BCUT2D eigenvalue weighted by molar-refractivity contribution is -0.119. The SMILES string of the molecule is CC(C)NC(=O)CSc1ccccc1C(=O)Nc1ccc(F)c(F)c1F. The lowest BCUT2D eigenvalue weighted by atomic mass is 10.2. The molecule has 0 radical (unpaired) electrons. The quantitative estimate of drug-likeness (QED) is 0.587. The van der Waals surface area contributed by atoms with Crippen LogP contribution in [0.2, 0.25) is 0 Å². The van der Waals surface area contributed by atoms with Gasteiger partial charge in [0.15, 0.2) is 17.5 Å². The Morgan fingerprint density at radius 1 is 1.04 bits per heavy atom. The maximum absolute atomic E-state index is 13.7. The molecule has 0 aromatic heterocycles. The van der Waals surface area contributed by atoms with Crippen molar-refractivity contribution in [2.24, 2.45) is 0 Å². The number of halogens is 3. The Morgan fingerprint density at radius 2 is 1.73 bits per heavy atom. The van der Waals surface area contributed by atoms with Crippen molar-refractivity contribution in [2.45, 2.75) is 24.8 Å². The largest absolute Gasteiger partial charge is 0.353 e. The van der Waals surface area contributed by atoms with E-state index in [4.69, 9.17) is 0 Å². The fraction of sp³-hybridized carbons (Fsp3) is 0.222. The molecule has 2 aromatic rings. The highest BCUT2D eigenvalue weighted by molar-refractivity contribution is 8.00. The molecule has 0 saturated carbocycles. The van der Waals surface area contributed by atoms with Crippen molar-refractivity contribution in [3.63, 3.8) is 0 Å². The third kappa shape index (κ3) is 5.01. The Bertz CT molecular complexity index is 828. The first-order valence-corrected chi connectivity index (χ1v) is 8.74. The van der Waals surface area contributed by atoms with Gasteiger partial charge in [-0.05, 0) is 38.1 Å². The summed E-state index contributed by atoms with van der Waals surface area (Å²) in [4.78, 5) is 24.7. The van der Waals surface area contributed by atoms with E-state index in [9.17, 15) is 22.8 Å². The van der Waals surface area contributed by atoms with Gasteiger partial charge in [0.2, 0.25) is 5.91 Å². The van der Waals surface area contributed by atoms with Crippen LogP contribution < -0.4 is 10.6 Å². The molecule has 4 nitrogen and oxygen atoms in total. The van der Waals surface area contributed by atoms with Crippen LogP contribution in [0, 0.1) is 17.5 Å². The zero-order valence-electron chi connectivity index (χ0n) is 14.1. The molecule has 138 valence electrons. The summed E-state index contributed by atoms with van der Waals surface area (Å²) in [6.45, 7) is 3.67. The first-order chi connectivity index (χ1) is 12.3. The molecule has 2 rings (SSSR count). The Kier molecular flexibility index (Phi) is 6.68. The normalized spacial score (nSPS) is 10.7. The Morgan fingerprint density at radius 3 is 2.42 bits per heavy atom. The van der Waals surface area contributed by atoms with Gasteiger partial charge in [-0.25, -0.2) is 13.2 Å². The van der Waals surface area contributed by atoms with E-state index in [1.165, 1.54) is 6.07 Å². The molecule has 0 unspecified atom stereocenters. The van der Waals surface area contributed by atoms with Gasteiger partial charge in [0, 0.05) is 10.9 Å². The highest BCUT2D eigenvalue weighted by Crippen LogP contribution is 2.25. The van der Waals surface area contributed by atoms with Crippen LogP contribution in [0.1, 0.15) is 24.2 Å². The maximum Gasteiger partial charge on any atom is 0.256 e. The summed E-state index contributed by atoms with van der Waals surface area (Å²) in [5.74, 6) is -5.25. The fourth-order valence-electron chi connectivity index (χ4n) is 2.10. The number of hydrogen-bond donors (Lipinski definition) is 2. The molecular formula is C18H17F3N2O2S. The fourth-order valence-corrected chi connectivity index (χ4v) is 2.96. The van der Waals surface area contributed by atoms with Crippen molar-refractivity contribution in [3.8, 4) is 0 Å². The van der Waals surface area contributed by atoms with Crippen LogP contribution in [-0.2, 0) is 4.79 Å². The molecule has 0 bridgehead atoms. The van der Waals surface area contributed by atoms with Gasteiger partial charge in [-0.3, -0.25) is 9.59 Å². The van der Waals surface area contributed by atoms with Crippen LogP contribution in [0.5, 0.6) is 0 Å². The smallest absolute Gasteiger partial charge is 0.256 e. The standard InChI is InChI=1S/C18H17F3N2O2S/c1-10(2)22-15(24)9-26-14-6-4-3-5-11(14)18(25)23-13-8-7-12(19)16(20)17(13)21/h3-8,10H,9H2,1-2H3,(H,22,24)(H,23,25).